The molecule has 2 aliphatic rings. The van der Waals surface area contributed by atoms with Gasteiger partial charge in [0.2, 0.25) is 0 Å². The Balaban J connectivity index is 0.000000196. The van der Waals surface area contributed by atoms with Gasteiger partial charge in [0.15, 0.2) is 0 Å². The van der Waals surface area contributed by atoms with Crippen LogP contribution in [-0.2, 0) is 0 Å². The molecule has 2 atom stereocenters. The summed E-state index contributed by atoms with van der Waals surface area (Å²) in [6.45, 7) is 3.99. The number of aliphatic hydroxyl groups is 2. The Bertz CT molecular complexity index is 2260. The van der Waals surface area contributed by atoms with Crippen molar-refractivity contribution in [3.05, 3.63) is 191 Å². The number of aliphatic hydroxyl groups excluding tert-OH is 2. The molecule has 0 saturated carbocycles. The van der Waals surface area contributed by atoms with Crippen LogP contribution in [0.3, 0.4) is 0 Å². The van der Waals surface area contributed by atoms with E-state index in [1.54, 1.807) is 24.3 Å². The summed E-state index contributed by atoms with van der Waals surface area (Å²) in [5.41, 5.74) is 11.1. The topological polar surface area (TPSA) is 106 Å². The van der Waals surface area contributed by atoms with Crippen LogP contribution in [-0.4, -0.2) is 95.9 Å². The number of phenolic OH excluding ortho intramolecular Hbond substituents is 2. The van der Waals surface area contributed by atoms with Crippen LogP contribution in [0, 0.1) is 0 Å². The van der Waals surface area contributed by atoms with Gasteiger partial charge < -0.3 is 39.7 Å². The van der Waals surface area contributed by atoms with E-state index in [1.165, 1.54) is 36.8 Å². The Morgan fingerprint density at radius 1 is 0.455 bits per heavy atom. The molecule has 8 nitrogen and oxygen atoms in total. The number of rotatable bonds is 18. The van der Waals surface area contributed by atoms with Gasteiger partial charge in [-0.1, -0.05) is 109 Å². The summed E-state index contributed by atoms with van der Waals surface area (Å²) in [5, 5.41) is 38.8. The van der Waals surface area contributed by atoms with Gasteiger partial charge in [0.05, 0.1) is 0 Å². The number of benzene rings is 6. The Morgan fingerprint density at radius 3 is 1.09 bits per heavy atom. The van der Waals surface area contributed by atoms with Gasteiger partial charge in [0.1, 0.15) is 36.2 Å². The molecule has 4 N–H and O–H groups in total. The maximum Gasteiger partial charge on any atom is 0.119 e. The van der Waals surface area contributed by atoms with E-state index in [-0.39, 0.29) is 24.7 Å². The molecule has 0 aromatic heterocycles. The summed E-state index contributed by atoms with van der Waals surface area (Å²) in [4.78, 5) is 4.74. The average Bonchev–Trinajstić information content (AvgIpc) is 3.98. The number of hydrogen-bond donors (Lipinski definition) is 4. The van der Waals surface area contributed by atoms with Crippen molar-refractivity contribution in [2.75, 3.05) is 53.6 Å². The van der Waals surface area contributed by atoms with Gasteiger partial charge in [0.25, 0.3) is 0 Å². The molecule has 0 unspecified atom stereocenters. The van der Waals surface area contributed by atoms with Crippen LogP contribution >= 0.6 is 0 Å². The first-order chi connectivity index (χ1) is 32.3. The summed E-state index contributed by atoms with van der Waals surface area (Å²) in [7, 11) is 4.33. The van der Waals surface area contributed by atoms with Crippen LogP contribution in [0.25, 0.3) is 22.3 Å². The molecule has 8 heteroatoms. The van der Waals surface area contributed by atoms with Gasteiger partial charge >= 0.3 is 0 Å². The molecular weight excluding hydrogens is 821 g/mol. The van der Waals surface area contributed by atoms with Crippen molar-refractivity contribution in [3.63, 3.8) is 0 Å². The fraction of sp³-hybridized carbons (Fsp3) is 0.310. The van der Waals surface area contributed by atoms with Crippen LogP contribution in [0.4, 0.5) is 0 Å². The molecule has 6 aromatic carbocycles. The average molecular weight is 887 g/mol. The molecular formula is C58H66N2O6. The lowest BCUT2D eigenvalue weighted by atomic mass is 9.87. The second-order valence-corrected chi connectivity index (χ2v) is 17.4. The van der Waals surface area contributed by atoms with Gasteiger partial charge in [0, 0.05) is 25.3 Å². The Labute approximate surface area is 391 Å². The largest absolute Gasteiger partial charge is 0.508 e. The predicted molar refractivity (Wildman–Crippen MR) is 269 cm³/mol. The number of likely N-dealkylation sites (N-methyl/N-ethyl adjacent to an activating group) is 2. The van der Waals surface area contributed by atoms with Crippen molar-refractivity contribution in [3.8, 4) is 23.0 Å². The second-order valence-electron chi connectivity index (χ2n) is 17.4. The normalized spacial score (nSPS) is 17.1. The lowest BCUT2D eigenvalue weighted by Crippen LogP contribution is -2.30. The van der Waals surface area contributed by atoms with E-state index in [2.05, 4.69) is 72.4 Å². The third kappa shape index (κ3) is 13.0. The molecule has 6 aromatic rings. The molecule has 0 radical (unpaired) electrons. The minimum atomic E-state index is 0.140. The summed E-state index contributed by atoms with van der Waals surface area (Å²) in [6.07, 6.45) is 7.72. The molecule has 2 saturated heterocycles. The van der Waals surface area contributed by atoms with E-state index in [0.29, 0.717) is 38.1 Å². The quantitative estimate of drug-likeness (QED) is 0.0633. The Hall–Kier alpha value is -6.16. The van der Waals surface area contributed by atoms with Crippen molar-refractivity contribution in [1.29, 1.82) is 0 Å². The molecule has 0 aliphatic carbocycles. The molecule has 2 fully saturated rings. The number of likely N-dealkylation sites (tertiary alicyclic amines) is 2. The molecule has 2 aliphatic heterocycles. The van der Waals surface area contributed by atoms with Crippen LogP contribution in [0.1, 0.15) is 84.7 Å². The Kier molecular flexibility index (Phi) is 17.7. The highest BCUT2D eigenvalue weighted by molar-refractivity contribution is 5.99. The van der Waals surface area contributed by atoms with E-state index in [0.717, 1.165) is 82.0 Å². The van der Waals surface area contributed by atoms with Crippen LogP contribution in [0.2, 0.25) is 0 Å². The standard InChI is InChI=1S/2C29H33NO3/c2*1-30-19-5-9-25(30)21-33-27-17-13-24(14-18-27)29(23-11-15-26(32)16-12-23)28(10-6-20-31)22-7-3-2-4-8-22/h2*2-4,7-8,11-18,25,31-32H,5-6,9-10,19-21H2,1H3/b2*29-28-/t2*25-/m10/s1. The molecule has 2 heterocycles. The van der Waals surface area contributed by atoms with Gasteiger partial charge in [-0.25, -0.2) is 0 Å². The third-order valence-electron chi connectivity index (χ3n) is 12.8. The third-order valence-corrected chi connectivity index (χ3v) is 12.8. The van der Waals surface area contributed by atoms with E-state index in [9.17, 15) is 20.4 Å². The highest BCUT2D eigenvalue weighted by atomic mass is 16.5. The van der Waals surface area contributed by atoms with E-state index in [1.807, 2.05) is 84.9 Å². The summed E-state index contributed by atoms with van der Waals surface area (Å²) < 4.78 is 12.2. The van der Waals surface area contributed by atoms with E-state index >= 15 is 0 Å². The van der Waals surface area contributed by atoms with Crippen LogP contribution in [0.15, 0.2) is 158 Å². The highest BCUT2D eigenvalue weighted by Crippen LogP contribution is 2.38. The minimum absolute atomic E-state index is 0.140. The first-order valence-electron chi connectivity index (χ1n) is 23.6. The maximum absolute atomic E-state index is 9.84. The summed E-state index contributed by atoms with van der Waals surface area (Å²) >= 11 is 0. The van der Waals surface area contributed by atoms with E-state index in [4.69, 9.17) is 9.47 Å². The zero-order valence-electron chi connectivity index (χ0n) is 38.6. The number of allylic oxidation sites excluding steroid dienone is 2. The second kappa shape index (κ2) is 24.4. The zero-order valence-corrected chi connectivity index (χ0v) is 38.6. The molecule has 0 bridgehead atoms. The van der Waals surface area contributed by atoms with Gasteiger partial charge in [-0.3, -0.25) is 0 Å². The first-order valence-corrected chi connectivity index (χ1v) is 23.6. The van der Waals surface area contributed by atoms with E-state index < -0.39 is 0 Å². The highest BCUT2D eigenvalue weighted by Gasteiger charge is 2.23. The lowest BCUT2D eigenvalue weighted by Gasteiger charge is -2.20. The van der Waals surface area contributed by atoms with Crippen molar-refractivity contribution in [2.45, 2.75) is 63.5 Å². The number of phenols is 2. The van der Waals surface area contributed by atoms with Crippen molar-refractivity contribution in [2.24, 2.45) is 0 Å². The predicted octanol–water partition coefficient (Wildman–Crippen LogP) is 11.2. The fourth-order valence-electron chi connectivity index (χ4n) is 9.10. The van der Waals surface area contributed by atoms with Crippen molar-refractivity contribution < 1.29 is 29.9 Å². The molecule has 0 spiro atoms. The SMILES string of the molecule is CN1CCC[C@@H]1COc1ccc(/C(=C(/CCCO)c2ccccc2)c2ccc(O)cc2)cc1.CN1CCC[C@H]1COc1ccc(/C(=C(/CCCO)c2ccccc2)c2ccc(O)cc2)cc1. The number of ether oxygens (including phenoxy) is 2. The number of aromatic hydroxyl groups is 2. The van der Waals surface area contributed by atoms with Gasteiger partial charge in [-0.05, 0) is 183 Å². The minimum Gasteiger partial charge on any atom is -0.508 e. The number of nitrogens with zero attached hydrogens (tertiary/aromatic N) is 2. The summed E-state index contributed by atoms with van der Waals surface area (Å²) in [5.74, 6) is 2.24. The number of hydrogen-bond acceptors (Lipinski definition) is 8. The van der Waals surface area contributed by atoms with Gasteiger partial charge in [-0.2, -0.15) is 0 Å². The lowest BCUT2D eigenvalue weighted by molar-refractivity contribution is 0.198. The smallest absolute Gasteiger partial charge is 0.119 e. The Morgan fingerprint density at radius 2 is 0.788 bits per heavy atom. The fourth-order valence-corrected chi connectivity index (χ4v) is 9.10. The maximum atomic E-state index is 9.84. The summed E-state index contributed by atoms with van der Waals surface area (Å²) in [6, 6.07) is 52.9. The van der Waals surface area contributed by atoms with Crippen LogP contribution < -0.4 is 9.47 Å². The molecule has 8 rings (SSSR count). The van der Waals surface area contributed by atoms with Gasteiger partial charge in [-0.15, -0.1) is 0 Å². The molecule has 344 valence electrons. The first kappa shape index (κ1) is 47.8. The zero-order chi connectivity index (χ0) is 46.1. The monoisotopic (exact) mass is 886 g/mol. The molecule has 66 heavy (non-hydrogen) atoms. The van der Waals surface area contributed by atoms with Crippen molar-refractivity contribution in [1.82, 2.24) is 9.80 Å². The van der Waals surface area contributed by atoms with Crippen molar-refractivity contribution >= 4 is 22.3 Å². The van der Waals surface area contributed by atoms with Crippen LogP contribution in [0.5, 0.6) is 23.0 Å². The molecule has 0 amide bonds.